The second-order valence-corrected chi connectivity index (χ2v) is 6.35. The number of anilines is 1. The van der Waals surface area contributed by atoms with Crippen LogP contribution in [-0.4, -0.2) is 51.4 Å². The summed E-state index contributed by atoms with van der Waals surface area (Å²) in [5.74, 6) is -0.316. The van der Waals surface area contributed by atoms with Crippen molar-refractivity contribution in [2.24, 2.45) is 0 Å². The molecule has 4 rings (SSSR count). The lowest BCUT2D eigenvalue weighted by Crippen LogP contribution is -2.36. The molecule has 2 unspecified atom stereocenters. The first-order valence-electron chi connectivity index (χ1n) is 9.01. The molecule has 0 aromatic carbocycles. The minimum Gasteiger partial charge on any atom is -0.462 e. The Morgan fingerprint density at radius 2 is 2.33 bits per heavy atom. The summed E-state index contributed by atoms with van der Waals surface area (Å²) in [7, 11) is 0. The van der Waals surface area contributed by atoms with Crippen molar-refractivity contribution < 1.29 is 14.3 Å². The molecule has 0 bridgehead atoms. The van der Waals surface area contributed by atoms with Crippen LogP contribution in [0.3, 0.4) is 0 Å². The molecule has 3 aromatic rings. The van der Waals surface area contributed by atoms with Crippen molar-refractivity contribution in [3.63, 3.8) is 0 Å². The average Bonchev–Trinajstić information content (AvgIpc) is 3.13. The molecule has 0 aliphatic carbocycles. The Balaban J connectivity index is 1.64. The molecule has 8 nitrogen and oxygen atoms in total. The van der Waals surface area contributed by atoms with Crippen molar-refractivity contribution in [3.8, 4) is 0 Å². The van der Waals surface area contributed by atoms with Gasteiger partial charge in [-0.25, -0.2) is 14.3 Å². The van der Waals surface area contributed by atoms with Gasteiger partial charge < -0.3 is 14.8 Å². The van der Waals surface area contributed by atoms with Gasteiger partial charge in [-0.2, -0.15) is 5.10 Å². The second kappa shape index (κ2) is 7.71. The van der Waals surface area contributed by atoms with Crippen molar-refractivity contribution in [2.75, 3.05) is 25.1 Å². The number of hydrogen-bond acceptors (Lipinski definition) is 7. The van der Waals surface area contributed by atoms with Crippen molar-refractivity contribution in [1.82, 2.24) is 19.6 Å². The Kier molecular flexibility index (Phi) is 4.97. The third-order valence-corrected chi connectivity index (χ3v) is 4.72. The van der Waals surface area contributed by atoms with E-state index in [0.29, 0.717) is 31.1 Å². The van der Waals surface area contributed by atoms with E-state index in [0.717, 1.165) is 17.6 Å². The minimum atomic E-state index is -0.380. The van der Waals surface area contributed by atoms with E-state index in [2.05, 4.69) is 20.4 Å². The average molecular weight is 367 g/mol. The molecule has 4 heterocycles. The quantitative estimate of drug-likeness (QED) is 0.692. The topological polar surface area (TPSA) is 90.6 Å². The van der Waals surface area contributed by atoms with Gasteiger partial charge in [0, 0.05) is 48.9 Å². The lowest BCUT2D eigenvalue weighted by atomic mass is 9.90. The highest BCUT2D eigenvalue weighted by Crippen LogP contribution is 2.31. The fourth-order valence-electron chi connectivity index (χ4n) is 3.42. The zero-order valence-electron chi connectivity index (χ0n) is 15.0. The molecule has 27 heavy (non-hydrogen) atoms. The highest BCUT2D eigenvalue weighted by molar-refractivity contribution is 5.95. The molecule has 8 heteroatoms. The van der Waals surface area contributed by atoms with Crippen LogP contribution in [0, 0.1) is 0 Å². The zero-order chi connectivity index (χ0) is 18.6. The van der Waals surface area contributed by atoms with Crippen LogP contribution in [0.15, 0.2) is 43.1 Å². The standard InChI is InChI=1S/C19H21N5O3/c1-2-27-19(25)14-10-20-7-4-16(14)23-17-5-9-26-12-15(17)13-11-22-24-8-3-6-21-18(13)24/h3-4,6-8,10-11,15,17H,2,5,9,12H2,1H3,(H,20,23). The third kappa shape index (κ3) is 3.48. The number of hydrogen-bond donors (Lipinski definition) is 1. The molecule has 2 atom stereocenters. The highest BCUT2D eigenvalue weighted by atomic mass is 16.5. The van der Waals surface area contributed by atoms with Gasteiger partial charge in [0.05, 0.1) is 25.1 Å². The highest BCUT2D eigenvalue weighted by Gasteiger charge is 2.31. The molecule has 1 N–H and O–H groups in total. The van der Waals surface area contributed by atoms with Gasteiger partial charge in [-0.1, -0.05) is 0 Å². The minimum absolute atomic E-state index is 0.0642. The van der Waals surface area contributed by atoms with Crippen LogP contribution < -0.4 is 5.32 Å². The summed E-state index contributed by atoms with van der Waals surface area (Å²) in [6.07, 6.45) is 9.48. The van der Waals surface area contributed by atoms with Crippen molar-refractivity contribution >= 4 is 17.3 Å². The van der Waals surface area contributed by atoms with E-state index in [1.54, 1.807) is 29.9 Å². The third-order valence-electron chi connectivity index (χ3n) is 4.72. The number of nitrogens with one attached hydrogen (secondary N) is 1. The second-order valence-electron chi connectivity index (χ2n) is 6.35. The summed E-state index contributed by atoms with van der Waals surface area (Å²) in [5.41, 5.74) is 2.99. The van der Waals surface area contributed by atoms with Gasteiger partial charge in [-0.05, 0) is 25.5 Å². The number of nitrogens with zero attached hydrogens (tertiary/aromatic N) is 4. The first kappa shape index (κ1) is 17.4. The predicted molar refractivity (Wildman–Crippen MR) is 98.8 cm³/mol. The number of ether oxygens (including phenoxy) is 2. The fraction of sp³-hybridized carbons (Fsp3) is 0.368. The lowest BCUT2D eigenvalue weighted by molar-refractivity contribution is 0.0526. The molecule has 1 fully saturated rings. The van der Waals surface area contributed by atoms with Gasteiger partial charge >= 0.3 is 5.97 Å². The van der Waals surface area contributed by atoms with Crippen LogP contribution in [0.25, 0.3) is 5.65 Å². The first-order valence-corrected chi connectivity index (χ1v) is 9.01. The Morgan fingerprint density at radius 3 is 3.22 bits per heavy atom. The van der Waals surface area contributed by atoms with Crippen LogP contribution in [0.1, 0.15) is 35.2 Å². The summed E-state index contributed by atoms with van der Waals surface area (Å²) in [6.45, 7) is 3.32. The maximum Gasteiger partial charge on any atom is 0.341 e. The maximum absolute atomic E-state index is 12.2. The van der Waals surface area contributed by atoms with Crippen LogP contribution in [0.2, 0.25) is 0 Å². The van der Waals surface area contributed by atoms with E-state index in [9.17, 15) is 4.79 Å². The van der Waals surface area contributed by atoms with Gasteiger partial charge in [0.15, 0.2) is 5.65 Å². The molecule has 3 aromatic heterocycles. The van der Waals surface area contributed by atoms with Gasteiger partial charge in [0.2, 0.25) is 0 Å². The monoisotopic (exact) mass is 367 g/mol. The van der Waals surface area contributed by atoms with Gasteiger partial charge in [0.1, 0.15) is 5.56 Å². The number of esters is 1. The molecular formula is C19H21N5O3. The summed E-state index contributed by atoms with van der Waals surface area (Å²) in [4.78, 5) is 20.8. The van der Waals surface area contributed by atoms with E-state index < -0.39 is 0 Å². The van der Waals surface area contributed by atoms with E-state index in [-0.39, 0.29) is 17.9 Å². The van der Waals surface area contributed by atoms with Crippen molar-refractivity contribution in [2.45, 2.75) is 25.3 Å². The smallest absolute Gasteiger partial charge is 0.341 e. The number of carbonyl (C=O) groups excluding carboxylic acids is 1. The van der Waals surface area contributed by atoms with Gasteiger partial charge in [-0.3, -0.25) is 4.98 Å². The van der Waals surface area contributed by atoms with Crippen LogP contribution in [0.5, 0.6) is 0 Å². The molecule has 0 radical (unpaired) electrons. The van der Waals surface area contributed by atoms with Gasteiger partial charge in [-0.15, -0.1) is 0 Å². The van der Waals surface area contributed by atoms with E-state index in [1.165, 1.54) is 6.20 Å². The molecule has 0 spiro atoms. The van der Waals surface area contributed by atoms with E-state index in [1.807, 2.05) is 18.5 Å². The van der Waals surface area contributed by atoms with Crippen molar-refractivity contribution in [3.05, 3.63) is 54.2 Å². The van der Waals surface area contributed by atoms with Crippen LogP contribution >= 0.6 is 0 Å². The molecule has 0 amide bonds. The summed E-state index contributed by atoms with van der Waals surface area (Å²) in [6, 6.07) is 3.72. The number of aromatic nitrogens is 4. The first-order chi connectivity index (χ1) is 13.3. The molecule has 1 saturated heterocycles. The lowest BCUT2D eigenvalue weighted by Gasteiger charge is -2.32. The Hall–Kier alpha value is -3.00. The Bertz CT molecular complexity index is 942. The largest absolute Gasteiger partial charge is 0.462 e. The number of carbonyl (C=O) groups is 1. The normalized spacial score (nSPS) is 19.7. The summed E-state index contributed by atoms with van der Waals surface area (Å²) < 4.78 is 12.6. The van der Waals surface area contributed by atoms with Crippen LogP contribution in [-0.2, 0) is 9.47 Å². The predicted octanol–water partition coefficient (Wildman–Crippen LogP) is 2.29. The van der Waals surface area contributed by atoms with E-state index >= 15 is 0 Å². The molecule has 0 saturated carbocycles. The summed E-state index contributed by atoms with van der Waals surface area (Å²) in [5, 5.41) is 7.90. The van der Waals surface area contributed by atoms with Crippen LogP contribution in [0.4, 0.5) is 5.69 Å². The number of rotatable bonds is 5. The number of fused-ring (bicyclic) bond motifs is 1. The Labute approximate surface area is 156 Å². The molecular weight excluding hydrogens is 346 g/mol. The molecule has 140 valence electrons. The van der Waals surface area contributed by atoms with Crippen molar-refractivity contribution in [1.29, 1.82) is 0 Å². The molecule has 1 aliphatic rings. The number of pyridine rings is 1. The fourth-order valence-corrected chi connectivity index (χ4v) is 3.42. The molecule has 1 aliphatic heterocycles. The summed E-state index contributed by atoms with van der Waals surface area (Å²) >= 11 is 0. The zero-order valence-corrected chi connectivity index (χ0v) is 15.0. The van der Waals surface area contributed by atoms with Gasteiger partial charge in [0.25, 0.3) is 0 Å². The van der Waals surface area contributed by atoms with E-state index in [4.69, 9.17) is 9.47 Å². The SMILES string of the molecule is CCOC(=O)c1cnccc1NC1CCOCC1c1cnn2cccnc12. The Morgan fingerprint density at radius 1 is 1.41 bits per heavy atom. The maximum atomic E-state index is 12.2.